The highest BCUT2D eigenvalue weighted by Crippen LogP contribution is 2.50. The second-order valence-corrected chi connectivity index (χ2v) is 7.50. The first-order valence-electron chi connectivity index (χ1n) is 8.06. The Labute approximate surface area is 159 Å². The molecule has 0 aliphatic carbocycles. The number of hydrogen-bond donors (Lipinski definition) is 2. The van der Waals surface area contributed by atoms with Gasteiger partial charge in [0.1, 0.15) is 4.88 Å². The number of fused-ring (bicyclic) bond motifs is 1. The van der Waals surface area contributed by atoms with E-state index >= 15 is 0 Å². The fraction of sp³-hybridized carbons (Fsp3) is 0.100. The molecule has 6 heteroatoms. The summed E-state index contributed by atoms with van der Waals surface area (Å²) in [6, 6.07) is 16.6. The summed E-state index contributed by atoms with van der Waals surface area (Å²) in [5.74, 6) is -1.40. The summed E-state index contributed by atoms with van der Waals surface area (Å²) < 4.78 is 0. The third-order valence-electron chi connectivity index (χ3n) is 4.44. The lowest BCUT2D eigenvalue weighted by Gasteiger charge is -2.24. The van der Waals surface area contributed by atoms with Crippen LogP contribution in [0.1, 0.15) is 32.5 Å². The number of hydrogen-bond acceptors (Lipinski definition) is 3. The molecule has 0 saturated carbocycles. The molecule has 1 atom stereocenters. The molecule has 130 valence electrons. The van der Waals surface area contributed by atoms with E-state index < -0.39 is 5.97 Å². The molecule has 1 aliphatic rings. The zero-order chi connectivity index (χ0) is 18.3. The summed E-state index contributed by atoms with van der Waals surface area (Å²) >= 11 is 7.56. The minimum absolute atomic E-state index is 0.144. The smallest absolute Gasteiger partial charge is 0.346 e. The summed E-state index contributed by atoms with van der Waals surface area (Å²) in [5.41, 5.74) is 2.74. The summed E-state index contributed by atoms with van der Waals surface area (Å²) in [6.45, 7) is 0. The molecule has 2 aromatic carbocycles. The van der Waals surface area contributed by atoms with Crippen molar-refractivity contribution in [2.24, 2.45) is 0 Å². The van der Waals surface area contributed by atoms with Crippen LogP contribution in [0.4, 0.5) is 5.69 Å². The molecule has 0 bridgehead atoms. The van der Waals surface area contributed by atoms with Crippen molar-refractivity contribution >= 4 is 40.5 Å². The lowest BCUT2D eigenvalue weighted by atomic mass is 9.88. The zero-order valence-electron chi connectivity index (χ0n) is 13.5. The molecule has 26 heavy (non-hydrogen) atoms. The standard InChI is InChI=1S/C20H14ClNO3S/c21-14-9-5-4-8-12(14)13-10-15(23)22-17-16(11-6-2-1-3-7-11)19(20(24)25)26-18(13)17/h1-9,13H,10H2,(H,22,23)(H,24,25)/t13-/m1/s1. The molecule has 0 radical (unpaired) electrons. The normalized spacial score (nSPS) is 16.0. The number of halogens is 1. The van der Waals surface area contributed by atoms with E-state index in [1.165, 1.54) is 11.3 Å². The highest BCUT2D eigenvalue weighted by atomic mass is 35.5. The molecular formula is C20H14ClNO3S. The number of carbonyl (C=O) groups excluding carboxylic acids is 1. The molecule has 2 heterocycles. The van der Waals surface area contributed by atoms with Crippen molar-refractivity contribution in [3.05, 3.63) is 74.9 Å². The van der Waals surface area contributed by atoms with Gasteiger partial charge < -0.3 is 10.4 Å². The van der Waals surface area contributed by atoms with Crippen molar-refractivity contribution < 1.29 is 14.7 Å². The van der Waals surface area contributed by atoms with Gasteiger partial charge in [0.2, 0.25) is 5.91 Å². The monoisotopic (exact) mass is 383 g/mol. The molecule has 4 nitrogen and oxygen atoms in total. The van der Waals surface area contributed by atoms with Gasteiger partial charge >= 0.3 is 5.97 Å². The quantitative estimate of drug-likeness (QED) is 0.649. The van der Waals surface area contributed by atoms with Crippen molar-refractivity contribution in [1.29, 1.82) is 0 Å². The van der Waals surface area contributed by atoms with E-state index in [1.54, 1.807) is 6.07 Å². The van der Waals surface area contributed by atoms with Crippen LogP contribution in [0.2, 0.25) is 5.02 Å². The van der Waals surface area contributed by atoms with Crippen LogP contribution in [0, 0.1) is 0 Å². The number of carboxylic acid groups (broad SMARTS) is 1. The average Bonchev–Trinajstić information content (AvgIpc) is 3.02. The number of carbonyl (C=O) groups is 2. The van der Waals surface area contributed by atoms with Crippen LogP contribution in [0.5, 0.6) is 0 Å². The van der Waals surface area contributed by atoms with Gasteiger partial charge in [0, 0.05) is 27.8 Å². The predicted octanol–water partition coefficient (Wildman–Crippen LogP) is 5.24. The van der Waals surface area contributed by atoms with Gasteiger partial charge in [-0.3, -0.25) is 4.79 Å². The van der Waals surface area contributed by atoms with Gasteiger partial charge in [-0.2, -0.15) is 0 Å². The van der Waals surface area contributed by atoms with E-state index in [4.69, 9.17) is 11.6 Å². The lowest BCUT2D eigenvalue weighted by molar-refractivity contribution is -0.116. The number of nitrogens with one attached hydrogen (secondary N) is 1. The number of benzene rings is 2. The zero-order valence-corrected chi connectivity index (χ0v) is 15.1. The Balaban J connectivity index is 1.97. The first-order valence-corrected chi connectivity index (χ1v) is 9.25. The van der Waals surface area contributed by atoms with E-state index in [-0.39, 0.29) is 23.1 Å². The average molecular weight is 384 g/mol. The first kappa shape index (κ1) is 16.8. The minimum atomic E-state index is -1.00. The first-order chi connectivity index (χ1) is 12.6. The Morgan fingerprint density at radius 2 is 1.81 bits per heavy atom. The number of carboxylic acids is 1. The summed E-state index contributed by atoms with van der Waals surface area (Å²) in [5, 5.41) is 13.2. The van der Waals surface area contributed by atoms with Crippen molar-refractivity contribution in [1.82, 2.24) is 0 Å². The Bertz CT molecular complexity index is 1010. The number of anilines is 1. The van der Waals surface area contributed by atoms with E-state index in [0.29, 0.717) is 16.3 Å². The fourth-order valence-corrected chi connectivity index (χ4v) is 4.83. The molecule has 0 unspecified atom stereocenters. The largest absolute Gasteiger partial charge is 0.477 e. The number of thiophene rings is 1. The third kappa shape index (κ3) is 2.79. The van der Waals surface area contributed by atoms with Gasteiger partial charge in [-0.05, 0) is 17.2 Å². The lowest BCUT2D eigenvalue weighted by Crippen LogP contribution is -2.22. The summed E-state index contributed by atoms with van der Waals surface area (Å²) in [6.07, 6.45) is 0.241. The van der Waals surface area contributed by atoms with Gasteiger partial charge in [0.05, 0.1) is 5.69 Å². The maximum atomic E-state index is 12.4. The van der Waals surface area contributed by atoms with Gasteiger partial charge in [-0.25, -0.2) is 4.79 Å². The Kier molecular flexibility index (Phi) is 4.26. The van der Waals surface area contributed by atoms with E-state index in [1.807, 2.05) is 48.5 Å². The van der Waals surface area contributed by atoms with Crippen LogP contribution >= 0.6 is 22.9 Å². The van der Waals surface area contributed by atoms with Gasteiger partial charge in [0.15, 0.2) is 0 Å². The maximum Gasteiger partial charge on any atom is 0.346 e. The molecule has 1 amide bonds. The van der Waals surface area contributed by atoms with Gasteiger partial charge in [0.25, 0.3) is 0 Å². The molecule has 4 rings (SSSR count). The topological polar surface area (TPSA) is 66.4 Å². The van der Waals surface area contributed by atoms with Gasteiger partial charge in [-0.1, -0.05) is 60.1 Å². The maximum absolute atomic E-state index is 12.4. The molecule has 1 aliphatic heterocycles. The van der Waals surface area contributed by atoms with Crippen LogP contribution in [-0.4, -0.2) is 17.0 Å². The van der Waals surface area contributed by atoms with Crippen LogP contribution < -0.4 is 5.32 Å². The molecule has 0 spiro atoms. The third-order valence-corrected chi connectivity index (χ3v) is 6.08. The molecule has 2 N–H and O–H groups in total. The molecule has 0 fully saturated rings. The summed E-state index contributed by atoms with van der Waals surface area (Å²) in [7, 11) is 0. The second-order valence-electron chi connectivity index (χ2n) is 6.04. The van der Waals surface area contributed by atoms with Crippen molar-refractivity contribution in [3.63, 3.8) is 0 Å². The van der Waals surface area contributed by atoms with E-state index in [0.717, 1.165) is 16.0 Å². The van der Waals surface area contributed by atoms with E-state index in [9.17, 15) is 14.7 Å². The second kappa shape index (κ2) is 6.59. The van der Waals surface area contributed by atoms with Crippen LogP contribution in [0.3, 0.4) is 0 Å². The van der Waals surface area contributed by atoms with Crippen molar-refractivity contribution in [2.45, 2.75) is 12.3 Å². The molecular weight excluding hydrogens is 370 g/mol. The molecule has 3 aromatic rings. The predicted molar refractivity (Wildman–Crippen MR) is 103 cm³/mol. The number of rotatable bonds is 3. The molecule has 1 aromatic heterocycles. The fourth-order valence-electron chi connectivity index (χ4n) is 3.33. The molecule has 0 saturated heterocycles. The van der Waals surface area contributed by atoms with Gasteiger partial charge in [-0.15, -0.1) is 11.3 Å². The van der Waals surface area contributed by atoms with Crippen LogP contribution in [-0.2, 0) is 4.79 Å². The summed E-state index contributed by atoms with van der Waals surface area (Å²) in [4.78, 5) is 25.3. The van der Waals surface area contributed by atoms with Crippen LogP contribution in [0.15, 0.2) is 54.6 Å². The van der Waals surface area contributed by atoms with Crippen molar-refractivity contribution in [2.75, 3.05) is 5.32 Å². The minimum Gasteiger partial charge on any atom is -0.477 e. The number of amides is 1. The van der Waals surface area contributed by atoms with E-state index in [2.05, 4.69) is 5.32 Å². The van der Waals surface area contributed by atoms with Crippen molar-refractivity contribution in [3.8, 4) is 11.1 Å². The Hall–Kier alpha value is -2.63. The highest BCUT2D eigenvalue weighted by molar-refractivity contribution is 7.15. The highest BCUT2D eigenvalue weighted by Gasteiger charge is 2.35. The van der Waals surface area contributed by atoms with Crippen LogP contribution in [0.25, 0.3) is 11.1 Å². The SMILES string of the molecule is O=C1C[C@H](c2ccccc2Cl)c2sc(C(=O)O)c(-c3ccccc3)c2N1. The number of aromatic carboxylic acids is 1. The Morgan fingerprint density at radius 3 is 2.50 bits per heavy atom. The Morgan fingerprint density at radius 1 is 1.12 bits per heavy atom.